The molecule has 1 unspecified atom stereocenters. The molecule has 0 saturated heterocycles. The smallest absolute Gasteiger partial charge is 0.495 e. The van der Waals surface area contributed by atoms with Crippen LogP contribution in [0.4, 0.5) is 11.6 Å². The molecule has 0 amide bonds. The second kappa shape index (κ2) is 14.9. The molecule has 11 rings (SSSR count). The molecule has 0 saturated carbocycles. The molecule has 2 aromatic heterocycles. The highest BCUT2D eigenvalue weighted by Gasteiger charge is 2.47. The van der Waals surface area contributed by atoms with Crippen molar-refractivity contribution in [3.05, 3.63) is 183 Å². The Balaban J connectivity index is 1.11. The van der Waals surface area contributed by atoms with Crippen LogP contribution < -0.4 is 25.2 Å². The van der Waals surface area contributed by atoms with E-state index in [1.54, 1.807) is 21.3 Å². The summed E-state index contributed by atoms with van der Waals surface area (Å²) in [4.78, 5) is 21.8. The van der Waals surface area contributed by atoms with Gasteiger partial charge in [0, 0.05) is 66.1 Å². The first-order valence-electron chi connectivity index (χ1n) is 19.8. The fourth-order valence-electron chi connectivity index (χ4n) is 8.09. The van der Waals surface area contributed by atoms with Gasteiger partial charge in [-0.15, -0.1) is 11.5 Å². The first kappa shape index (κ1) is 36.9. The predicted molar refractivity (Wildman–Crippen MR) is 243 cm³/mol. The van der Waals surface area contributed by atoms with Crippen LogP contribution in [0.2, 0.25) is 0 Å². The minimum absolute atomic E-state index is 0.519. The molecule has 0 aliphatic carbocycles. The highest BCUT2D eigenvalue weighted by molar-refractivity contribution is 7.06. The number of halogens is 1. The van der Waals surface area contributed by atoms with Crippen molar-refractivity contribution in [3.63, 3.8) is 0 Å². The van der Waals surface area contributed by atoms with Gasteiger partial charge in [0.2, 0.25) is 0 Å². The lowest BCUT2D eigenvalue weighted by Gasteiger charge is -2.32. The quantitative estimate of drug-likeness (QED) is 0.143. The molecular formula is C51H32BClN6O3. The Hall–Kier alpha value is -8.10. The number of aliphatic imine (C=N–C) groups is 1. The van der Waals surface area contributed by atoms with Crippen molar-refractivity contribution in [2.45, 2.75) is 6.17 Å². The maximum atomic E-state index is 7.68. The Bertz CT molecular complexity index is 3520. The maximum Gasteiger partial charge on any atom is 0.495 e. The lowest BCUT2D eigenvalue weighted by atomic mass is 10.0. The third-order valence-electron chi connectivity index (χ3n) is 11.3. The van der Waals surface area contributed by atoms with Crippen LogP contribution in [-0.2, 0) is 0 Å². The van der Waals surface area contributed by atoms with Gasteiger partial charge in [-0.3, -0.25) is 0 Å². The monoisotopic (exact) mass is 822 g/mol. The van der Waals surface area contributed by atoms with E-state index in [2.05, 4.69) is 81.7 Å². The Morgan fingerprint density at radius 1 is 0.516 bits per heavy atom. The summed E-state index contributed by atoms with van der Waals surface area (Å²) in [6.45, 7) is 0. The number of methoxy groups -OCH3 is 3. The average molecular weight is 823 g/mol. The number of nitrogens with one attached hydrogen (secondary N) is 1. The van der Waals surface area contributed by atoms with Crippen molar-refractivity contribution in [2.24, 2.45) is 15.0 Å². The maximum absolute atomic E-state index is 7.68. The van der Waals surface area contributed by atoms with Crippen LogP contribution >= 0.6 is 11.5 Å². The molecule has 3 aliphatic rings. The number of H-pyrrole nitrogens is 1. The number of aromatic amines is 1. The highest BCUT2D eigenvalue weighted by atomic mass is 35.5. The highest BCUT2D eigenvalue weighted by Crippen LogP contribution is 2.47. The molecule has 62 heavy (non-hydrogen) atoms. The van der Waals surface area contributed by atoms with Gasteiger partial charge in [0.15, 0.2) is 0 Å². The number of hydrogen-bond acceptors (Lipinski definition) is 7. The van der Waals surface area contributed by atoms with E-state index >= 15 is 0 Å². The SMILES string of the molecule is COc1ccc(C#Cc2ccc3c(c2)C2=Nc4c5ccc(C#Cc6ccc(OC)cc6)cc5c5n4B(Cl)N2C3/N=c2\[nH]/c(c3ccc(C#Cc4ccc(OC)cc4)cc23)=N\5)cc1. The van der Waals surface area contributed by atoms with Gasteiger partial charge >= 0.3 is 6.40 Å². The Morgan fingerprint density at radius 2 is 0.984 bits per heavy atom. The number of aromatic nitrogens is 2. The summed E-state index contributed by atoms with van der Waals surface area (Å²) in [6, 6.07) is 41.6. The predicted octanol–water partition coefficient (Wildman–Crippen LogP) is 8.41. The van der Waals surface area contributed by atoms with Gasteiger partial charge in [0.25, 0.3) is 0 Å². The largest absolute Gasteiger partial charge is 0.497 e. The van der Waals surface area contributed by atoms with Crippen LogP contribution in [0.15, 0.2) is 142 Å². The number of ether oxygens (including phenoxy) is 3. The van der Waals surface area contributed by atoms with E-state index in [0.717, 1.165) is 83.3 Å². The normalized spacial score (nSPS) is 15.0. The number of benzene rings is 6. The molecule has 0 radical (unpaired) electrons. The standard InChI is InChI=1S/C51H32BClN6O3/c1-60-37-19-10-31(11-20-37)4-7-34-16-25-40-43(28-34)47-54-46(40)55-50-44-29-35(8-5-32-12-21-38(61-2)22-13-32)18-27-42(44)49-57-51-45-30-36(9-6-33-14-23-39(62-3)24-15-33)17-26-41(45)48(56-47)58(51)52(53)59(49)50/h10-30,48H,1-3H3,(H,54,55,56). The zero-order valence-corrected chi connectivity index (χ0v) is 34.4. The van der Waals surface area contributed by atoms with Crippen molar-refractivity contribution >= 4 is 56.9 Å². The van der Waals surface area contributed by atoms with E-state index in [4.69, 9.17) is 40.6 Å². The van der Waals surface area contributed by atoms with Crippen LogP contribution in [0.25, 0.3) is 21.5 Å². The molecule has 3 aliphatic heterocycles. The van der Waals surface area contributed by atoms with Crippen molar-refractivity contribution in [3.8, 4) is 52.8 Å². The fraction of sp³-hybridized carbons (Fsp3) is 0.0784. The first-order valence-corrected chi connectivity index (χ1v) is 20.3. The summed E-state index contributed by atoms with van der Waals surface area (Å²) in [6.07, 6.45) is -1.24. The molecule has 11 heteroatoms. The summed E-state index contributed by atoms with van der Waals surface area (Å²) in [5.41, 5.74) is 8.34. The van der Waals surface area contributed by atoms with Crippen LogP contribution in [0.1, 0.15) is 50.7 Å². The van der Waals surface area contributed by atoms with Crippen molar-refractivity contribution in [1.29, 1.82) is 0 Å². The van der Waals surface area contributed by atoms with Gasteiger partial charge in [-0.05, 0) is 121 Å². The third kappa shape index (κ3) is 6.32. The Morgan fingerprint density at radius 3 is 1.55 bits per heavy atom. The number of nitrogens with zero attached hydrogens (tertiary/aromatic N) is 5. The summed E-state index contributed by atoms with van der Waals surface area (Å²) < 4.78 is 18.0. The zero-order valence-electron chi connectivity index (χ0n) is 33.6. The Kier molecular flexibility index (Phi) is 8.86. The van der Waals surface area contributed by atoms with Crippen molar-refractivity contribution in [1.82, 2.24) is 14.3 Å². The topological polar surface area (TPSA) is 88.7 Å². The van der Waals surface area contributed by atoms with Gasteiger partial charge in [-0.1, -0.05) is 41.6 Å². The van der Waals surface area contributed by atoms with Crippen LogP contribution in [0.5, 0.6) is 17.2 Å². The van der Waals surface area contributed by atoms with Crippen LogP contribution in [0, 0.1) is 35.5 Å². The van der Waals surface area contributed by atoms with Crippen molar-refractivity contribution in [2.75, 3.05) is 21.3 Å². The summed E-state index contributed by atoms with van der Waals surface area (Å²) >= 11 is 7.68. The molecular weight excluding hydrogens is 791 g/mol. The van der Waals surface area contributed by atoms with Gasteiger partial charge in [0.1, 0.15) is 51.9 Å². The van der Waals surface area contributed by atoms with Gasteiger partial charge in [-0.2, -0.15) is 0 Å². The van der Waals surface area contributed by atoms with Gasteiger partial charge in [0.05, 0.1) is 21.3 Å². The molecule has 0 fully saturated rings. The molecule has 1 N–H and O–H groups in total. The van der Waals surface area contributed by atoms with Gasteiger partial charge in [-0.25, -0.2) is 15.0 Å². The van der Waals surface area contributed by atoms with E-state index in [1.807, 2.05) is 95.5 Å². The molecule has 1 atom stereocenters. The molecule has 294 valence electrons. The zero-order chi connectivity index (χ0) is 41.9. The summed E-state index contributed by atoms with van der Waals surface area (Å²) in [7, 11) is 4.95. The minimum atomic E-state index is -0.722. The summed E-state index contributed by atoms with van der Waals surface area (Å²) in [5.74, 6) is 24.4. The molecule has 9 nitrogen and oxygen atoms in total. The molecule has 4 bridgehead atoms. The molecule has 5 heterocycles. The molecule has 0 spiro atoms. The first-order chi connectivity index (χ1) is 30.4. The third-order valence-corrected chi connectivity index (χ3v) is 11.7. The van der Waals surface area contributed by atoms with E-state index in [0.29, 0.717) is 28.4 Å². The van der Waals surface area contributed by atoms with E-state index in [-0.39, 0.29) is 0 Å². The van der Waals surface area contributed by atoms with Gasteiger partial charge < -0.3 is 28.5 Å². The van der Waals surface area contributed by atoms with Crippen LogP contribution in [-0.4, -0.2) is 47.8 Å². The second-order valence-corrected chi connectivity index (χ2v) is 15.3. The average Bonchev–Trinajstić information content (AvgIpc) is 3.94. The van der Waals surface area contributed by atoms with E-state index < -0.39 is 12.6 Å². The number of amidine groups is 1. The lowest BCUT2D eigenvalue weighted by Crippen LogP contribution is -2.46. The van der Waals surface area contributed by atoms with E-state index in [1.165, 1.54) is 0 Å². The summed E-state index contributed by atoms with van der Waals surface area (Å²) in [5, 5.41) is 3.57. The molecule has 6 aromatic carbocycles. The van der Waals surface area contributed by atoms with Crippen LogP contribution in [0.3, 0.4) is 0 Å². The number of rotatable bonds is 3. The fourth-order valence-corrected chi connectivity index (χ4v) is 8.47. The van der Waals surface area contributed by atoms with Crippen molar-refractivity contribution < 1.29 is 14.2 Å². The number of hydrogen-bond donors (Lipinski definition) is 1. The minimum Gasteiger partial charge on any atom is -0.497 e. The molecule has 8 aromatic rings. The second-order valence-electron chi connectivity index (χ2n) is 14.9. The lowest BCUT2D eigenvalue weighted by molar-refractivity contribution is 0.414. The van der Waals surface area contributed by atoms with E-state index in [9.17, 15) is 0 Å². The Labute approximate surface area is 362 Å². The number of fused-ring (bicyclic) bond motifs is 11.